The summed E-state index contributed by atoms with van der Waals surface area (Å²) >= 11 is 0. The quantitative estimate of drug-likeness (QED) is 0.713. The highest BCUT2D eigenvalue weighted by Crippen LogP contribution is 2.25. The van der Waals surface area contributed by atoms with Gasteiger partial charge in [-0.2, -0.15) is 0 Å². The van der Waals surface area contributed by atoms with Gasteiger partial charge in [-0.1, -0.05) is 17.7 Å². The average Bonchev–Trinajstić information content (AvgIpc) is 3.20. The number of aryl methyl sites for hydroxylation is 2. The third-order valence-corrected chi connectivity index (χ3v) is 5.28. The third-order valence-electron chi connectivity index (χ3n) is 5.28. The molecule has 0 saturated heterocycles. The van der Waals surface area contributed by atoms with E-state index in [0.29, 0.717) is 18.0 Å². The largest absolute Gasteiger partial charge is 0.474 e. The fourth-order valence-corrected chi connectivity index (χ4v) is 3.72. The van der Waals surface area contributed by atoms with Crippen LogP contribution < -0.4 is 10.1 Å². The highest BCUT2D eigenvalue weighted by Gasteiger charge is 2.19. The van der Waals surface area contributed by atoms with E-state index in [1.807, 2.05) is 50.2 Å². The molecule has 5 nitrogen and oxygen atoms in total. The lowest BCUT2D eigenvalue weighted by Crippen LogP contribution is -2.25. The average molecular weight is 375 g/mol. The summed E-state index contributed by atoms with van der Waals surface area (Å²) < 4.78 is 6.06. The first kappa shape index (κ1) is 18.4. The van der Waals surface area contributed by atoms with Gasteiger partial charge in [0.1, 0.15) is 6.10 Å². The van der Waals surface area contributed by atoms with Crippen LogP contribution in [0.15, 0.2) is 42.6 Å². The van der Waals surface area contributed by atoms with Crippen LogP contribution in [0.2, 0.25) is 0 Å². The molecule has 0 bridgehead atoms. The second-order valence-electron chi connectivity index (χ2n) is 7.49. The van der Waals surface area contributed by atoms with E-state index >= 15 is 0 Å². The van der Waals surface area contributed by atoms with Crippen molar-refractivity contribution >= 4 is 16.8 Å². The summed E-state index contributed by atoms with van der Waals surface area (Å²) in [7, 11) is 0. The summed E-state index contributed by atoms with van der Waals surface area (Å²) in [4.78, 5) is 21.8. The van der Waals surface area contributed by atoms with Gasteiger partial charge >= 0.3 is 0 Å². The van der Waals surface area contributed by atoms with Crippen molar-refractivity contribution in [3.8, 4) is 5.88 Å². The molecule has 1 fully saturated rings. The summed E-state index contributed by atoms with van der Waals surface area (Å²) in [5, 5.41) is 3.98. The summed E-state index contributed by atoms with van der Waals surface area (Å²) in [6.45, 7) is 4.28. The van der Waals surface area contributed by atoms with Crippen LogP contribution in [0.25, 0.3) is 10.9 Å². The molecule has 1 saturated carbocycles. The van der Waals surface area contributed by atoms with Gasteiger partial charge in [-0.25, -0.2) is 4.98 Å². The number of pyridine rings is 2. The highest BCUT2D eigenvalue weighted by atomic mass is 16.5. The molecule has 0 spiro atoms. The number of nitrogens with zero attached hydrogens (tertiary/aromatic N) is 2. The fraction of sp³-hybridized carbons (Fsp3) is 0.348. The lowest BCUT2D eigenvalue weighted by atomic mass is 10.1. The van der Waals surface area contributed by atoms with E-state index in [-0.39, 0.29) is 12.0 Å². The zero-order valence-electron chi connectivity index (χ0n) is 16.4. The second-order valence-corrected chi connectivity index (χ2v) is 7.49. The Hall–Kier alpha value is -2.95. The maximum Gasteiger partial charge on any atom is 0.253 e. The first-order chi connectivity index (χ1) is 13.6. The molecule has 2 heterocycles. The molecule has 28 heavy (non-hydrogen) atoms. The van der Waals surface area contributed by atoms with Gasteiger partial charge < -0.3 is 10.1 Å². The Bertz CT molecular complexity index is 1010. The maximum atomic E-state index is 12.8. The van der Waals surface area contributed by atoms with E-state index in [1.165, 1.54) is 12.8 Å². The molecule has 1 aromatic carbocycles. The number of rotatable bonds is 5. The second kappa shape index (κ2) is 7.97. The van der Waals surface area contributed by atoms with Crippen molar-refractivity contribution in [3.05, 3.63) is 65.0 Å². The van der Waals surface area contributed by atoms with Crippen molar-refractivity contribution in [3.63, 3.8) is 0 Å². The van der Waals surface area contributed by atoms with Gasteiger partial charge in [-0.15, -0.1) is 0 Å². The molecule has 1 aliphatic rings. The van der Waals surface area contributed by atoms with Crippen LogP contribution in [-0.2, 0) is 6.54 Å². The molecule has 1 amide bonds. The molecule has 0 atom stereocenters. The first-order valence-corrected chi connectivity index (χ1v) is 9.87. The third kappa shape index (κ3) is 3.98. The predicted octanol–water partition coefficient (Wildman–Crippen LogP) is 4.50. The fourth-order valence-electron chi connectivity index (χ4n) is 3.72. The van der Waals surface area contributed by atoms with E-state index in [9.17, 15) is 4.79 Å². The van der Waals surface area contributed by atoms with Crippen LogP contribution in [0, 0.1) is 13.8 Å². The molecule has 144 valence electrons. The number of benzene rings is 1. The predicted molar refractivity (Wildman–Crippen MR) is 110 cm³/mol. The normalized spacial score (nSPS) is 14.4. The lowest BCUT2D eigenvalue weighted by molar-refractivity contribution is 0.0949. The van der Waals surface area contributed by atoms with E-state index in [4.69, 9.17) is 4.74 Å². The number of hydrogen-bond donors (Lipinski definition) is 1. The zero-order valence-corrected chi connectivity index (χ0v) is 16.4. The Kier molecular flexibility index (Phi) is 5.24. The number of hydrogen-bond acceptors (Lipinski definition) is 4. The van der Waals surface area contributed by atoms with Crippen molar-refractivity contribution in [1.29, 1.82) is 0 Å². The van der Waals surface area contributed by atoms with Crippen LogP contribution in [0.1, 0.15) is 52.9 Å². The van der Waals surface area contributed by atoms with E-state index in [1.54, 1.807) is 6.20 Å². The Balaban J connectivity index is 1.50. The zero-order chi connectivity index (χ0) is 19.5. The van der Waals surface area contributed by atoms with E-state index in [2.05, 4.69) is 15.3 Å². The standard InChI is InChI=1S/C23H25N3O2/c1-15-9-10-21-18(12-15)13-20(16(2)26-21)22(27)25-14-17-6-5-11-24-23(17)28-19-7-3-4-8-19/h5-6,9-13,19H,3-4,7-8,14H2,1-2H3,(H,25,27). The van der Waals surface area contributed by atoms with Crippen molar-refractivity contribution in [2.24, 2.45) is 0 Å². The molecule has 4 rings (SSSR count). The minimum Gasteiger partial charge on any atom is -0.474 e. The van der Waals surface area contributed by atoms with Crippen LogP contribution in [0.5, 0.6) is 5.88 Å². The molecule has 2 aromatic heterocycles. The number of ether oxygens (including phenoxy) is 1. The van der Waals surface area contributed by atoms with Crippen molar-refractivity contribution in [2.45, 2.75) is 52.2 Å². The summed E-state index contributed by atoms with van der Waals surface area (Å²) in [5.74, 6) is 0.489. The molecular weight excluding hydrogens is 350 g/mol. The maximum absolute atomic E-state index is 12.8. The summed E-state index contributed by atoms with van der Waals surface area (Å²) in [6.07, 6.45) is 6.52. The Labute approximate surface area is 165 Å². The van der Waals surface area contributed by atoms with Crippen LogP contribution in [-0.4, -0.2) is 22.0 Å². The van der Waals surface area contributed by atoms with Gasteiger partial charge in [0, 0.05) is 23.7 Å². The SMILES string of the molecule is Cc1ccc2nc(C)c(C(=O)NCc3cccnc3OC3CCCC3)cc2c1. The Morgan fingerprint density at radius 3 is 2.82 bits per heavy atom. The molecular formula is C23H25N3O2. The molecule has 0 aliphatic heterocycles. The Morgan fingerprint density at radius 1 is 1.18 bits per heavy atom. The summed E-state index contributed by atoms with van der Waals surface area (Å²) in [6, 6.07) is 11.8. The van der Waals surface area contributed by atoms with Gasteiger partial charge in [0.15, 0.2) is 0 Å². The minimum absolute atomic E-state index is 0.135. The number of fused-ring (bicyclic) bond motifs is 1. The minimum atomic E-state index is -0.135. The van der Waals surface area contributed by atoms with Gasteiger partial charge in [-0.05, 0) is 63.8 Å². The van der Waals surface area contributed by atoms with Gasteiger partial charge in [0.05, 0.1) is 16.8 Å². The smallest absolute Gasteiger partial charge is 0.253 e. The monoisotopic (exact) mass is 375 g/mol. The molecule has 0 unspecified atom stereocenters. The van der Waals surface area contributed by atoms with Crippen molar-refractivity contribution in [1.82, 2.24) is 15.3 Å². The molecule has 0 radical (unpaired) electrons. The van der Waals surface area contributed by atoms with Crippen LogP contribution in [0.4, 0.5) is 0 Å². The highest BCUT2D eigenvalue weighted by molar-refractivity contribution is 5.98. The van der Waals surface area contributed by atoms with Crippen molar-refractivity contribution < 1.29 is 9.53 Å². The molecule has 3 aromatic rings. The molecule has 1 N–H and O–H groups in total. The van der Waals surface area contributed by atoms with Crippen LogP contribution in [0.3, 0.4) is 0 Å². The molecule has 5 heteroatoms. The van der Waals surface area contributed by atoms with E-state index in [0.717, 1.165) is 40.6 Å². The topological polar surface area (TPSA) is 64.1 Å². The number of nitrogens with one attached hydrogen (secondary N) is 1. The van der Waals surface area contributed by atoms with Crippen LogP contribution >= 0.6 is 0 Å². The van der Waals surface area contributed by atoms with E-state index < -0.39 is 0 Å². The van der Waals surface area contributed by atoms with Gasteiger partial charge in [0.2, 0.25) is 5.88 Å². The first-order valence-electron chi connectivity index (χ1n) is 9.87. The number of amides is 1. The summed E-state index contributed by atoms with van der Waals surface area (Å²) in [5.41, 5.74) is 4.26. The van der Waals surface area contributed by atoms with Crippen molar-refractivity contribution in [2.75, 3.05) is 0 Å². The number of carbonyl (C=O) groups excluding carboxylic acids is 1. The molecule has 1 aliphatic carbocycles. The lowest BCUT2D eigenvalue weighted by Gasteiger charge is -2.15. The number of aromatic nitrogens is 2. The van der Waals surface area contributed by atoms with Gasteiger partial charge in [-0.3, -0.25) is 9.78 Å². The van der Waals surface area contributed by atoms with Gasteiger partial charge in [0.25, 0.3) is 5.91 Å². The Morgan fingerprint density at radius 2 is 2.00 bits per heavy atom. The number of carbonyl (C=O) groups is 1.